The van der Waals surface area contributed by atoms with Crippen molar-refractivity contribution in [1.82, 2.24) is 20.4 Å². The highest BCUT2D eigenvalue weighted by Gasteiger charge is 2.36. The van der Waals surface area contributed by atoms with Crippen LogP contribution in [0, 0.1) is 0 Å². The Labute approximate surface area is 225 Å². The molecule has 0 saturated carbocycles. The third-order valence-electron chi connectivity index (χ3n) is 6.86. The lowest BCUT2D eigenvalue weighted by molar-refractivity contribution is 0.0924. The molecule has 204 valence electrons. The fourth-order valence-electron chi connectivity index (χ4n) is 4.73. The van der Waals surface area contributed by atoms with E-state index in [9.17, 15) is 19.2 Å². The first-order valence-corrected chi connectivity index (χ1v) is 13.2. The molecule has 0 amide bonds. The first kappa shape index (κ1) is 29.5. The molecule has 0 aliphatic heterocycles. The molecule has 0 radical (unpaired) electrons. The number of fused-ring (bicyclic) bond motifs is 2. The molecular formula is C30H40N4O4. The molecule has 1 aliphatic carbocycles. The summed E-state index contributed by atoms with van der Waals surface area (Å²) in [5, 5.41) is 6.45. The summed E-state index contributed by atoms with van der Waals surface area (Å²) in [6.45, 7) is 6.63. The maximum atomic E-state index is 13.7. The number of carbonyl (C=O) groups is 4. The van der Waals surface area contributed by atoms with Gasteiger partial charge in [-0.15, -0.1) is 0 Å². The molecule has 1 aliphatic rings. The molecular weight excluding hydrogens is 480 g/mol. The standard InChI is InChI=1S/C30H40N4O4/c1-19(31-15-9-17-33(3)4)27(35)21-11-7-13-23-25(21)29(37)24-14-8-12-22(26(24)30(23)38)28(36)20(2)32-16-10-18-34(5)6/h7-8,11-14,19-20,31-32H,9-10,15-18H2,1-6H3. The molecule has 8 nitrogen and oxygen atoms in total. The van der Waals surface area contributed by atoms with Crippen molar-refractivity contribution in [1.29, 1.82) is 0 Å². The lowest BCUT2D eigenvalue weighted by Crippen LogP contribution is -2.38. The minimum Gasteiger partial charge on any atom is -0.309 e. The lowest BCUT2D eigenvalue weighted by atomic mass is 9.78. The fraction of sp³-hybridized carbons (Fsp3) is 0.467. The second-order valence-electron chi connectivity index (χ2n) is 10.5. The van der Waals surface area contributed by atoms with Crippen LogP contribution in [0.1, 0.15) is 79.2 Å². The Morgan fingerprint density at radius 3 is 1.39 bits per heavy atom. The maximum absolute atomic E-state index is 13.7. The highest BCUT2D eigenvalue weighted by atomic mass is 16.1. The van der Waals surface area contributed by atoms with E-state index >= 15 is 0 Å². The van der Waals surface area contributed by atoms with Gasteiger partial charge in [0.15, 0.2) is 23.1 Å². The predicted molar refractivity (Wildman–Crippen MR) is 150 cm³/mol. The number of ketones is 4. The number of nitrogens with zero attached hydrogens (tertiary/aromatic N) is 2. The van der Waals surface area contributed by atoms with E-state index in [4.69, 9.17) is 0 Å². The zero-order valence-electron chi connectivity index (χ0n) is 23.4. The molecule has 0 fully saturated rings. The van der Waals surface area contributed by atoms with Crippen LogP contribution in [-0.4, -0.2) is 99.4 Å². The van der Waals surface area contributed by atoms with E-state index in [1.54, 1.807) is 50.2 Å². The quantitative estimate of drug-likeness (QED) is 0.247. The van der Waals surface area contributed by atoms with Gasteiger partial charge in [-0.05, 0) is 81.1 Å². The van der Waals surface area contributed by atoms with E-state index in [0.717, 1.165) is 25.9 Å². The summed E-state index contributed by atoms with van der Waals surface area (Å²) in [5.41, 5.74) is 1.03. The van der Waals surface area contributed by atoms with E-state index < -0.39 is 23.7 Å². The number of hydrogen-bond donors (Lipinski definition) is 2. The van der Waals surface area contributed by atoms with E-state index in [0.29, 0.717) is 13.1 Å². The Morgan fingerprint density at radius 1 is 0.684 bits per heavy atom. The number of Topliss-reactive ketones (excluding diaryl/α,β-unsaturated/α-hetero) is 2. The summed E-state index contributed by atoms with van der Waals surface area (Å²) in [4.78, 5) is 58.2. The van der Waals surface area contributed by atoms with Gasteiger partial charge in [-0.3, -0.25) is 19.2 Å². The van der Waals surface area contributed by atoms with Gasteiger partial charge < -0.3 is 20.4 Å². The topological polar surface area (TPSA) is 98.8 Å². The Bertz CT molecular complexity index is 1110. The van der Waals surface area contributed by atoms with Gasteiger partial charge >= 0.3 is 0 Å². The van der Waals surface area contributed by atoms with Crippen molar-refractivity contribution in [3.63, 3.8) is 0 Å². The summed E-state index contributed by atoms with van der Waals surface area (Å²) < 4.78 is 0. The van der Waals surface area contributed by atoms with E-state index in [2.05, 4.69) is 20.4 Å². The summed E-state index contributed by atoms with van der Waals surface area (Å²) >= 11 is 0. The molecule has 2 aromatic rings. The number of carbonyl (C=O) groups excluding carboxylic acids is 4. The van der Waals surface area contributed by atoms with Crippen molar-refractivity contribution in [3.05, 3.63) is 69.8 Å². The Hall–Kier alpha value is -3.04. The first-order valence-electron chi connectivity index (χ1n) is 13.2. The van der Waals surface area contributed by atoms with Gasteiger partial charge in [-0.25, -0.2) is 0 Å². The van der Waals surface area contributed by atoms with Crippen molar-refractivity contribution < 1.29 is 19.2 Å². The Balaban J connectivity index is 1.86. The second-order valence-corrected chi connectivity index (χ2v) is 10.5. The van der Waals surface area contributed by atoms with Crippen LogP contribution in [0.25, 0.3) is 0 Å². The van der Waals surface area contributed by atoms with Gasteiger partial charge in [0.2, 0.25) is 0 Å². The number of hydrogen-bond acceptors (Lipinski definition) is 8. The smallest absolute Gasteiger partial charge is 0.195 e. The summed E-state index contributed by atoms with van der Waals surface area (Å²) in [5.74, 6) is -1.28. The summed E-state index contributed by atoms with van der Waals surface area (Å²) in [6, 6.07) is 8.55. The minimum absolute atomic E-state index is 0.122. The van der Waals surface area contributed by atoms with Crippen LogP contribution >= 0.6 is 0 Å². The van der Waals surface area contributed by atoms with Crippen LogP contribution in [-0.2, 0) is 0 Å². The van der Waals surface area contributed by atoms with Gasteiger partial charge in [0.25, 0.3) is 0 Å². The molecule has 0 saturated heterocycles. The average Bonchev–Trinajstić information content (AvgIpc) is 2.89. The van der Waals surface area contributed by atoms with Crippen molar-refractivity contribution in [2.75, 3.05) is 54.4 Å². The van der Waals surface area contributed by atoms with Crippen LogP contribution in [0.5, 0.6) is 0 Å². The zero-order chi connectivity index (χ0) is 28.0. The third-order valence-corrected chi connectivity index (χ3v) is 6.86. The highest BCUT2D eigenvalue weighted by Crippen LogP contribution is 2.32. The molecule has 2 N–H and O–H groups in total. The molecule has 0 heterocycles. The monoisotopic (exact) mass is 520 g/mol. The van der Waals surface area contributed by atoms with Crippen molar-refractivity contribution in [3.8, 4) is 0 Å². The van der Waals surface area contributed by atoms with Crippen molar-refractivity contribution >= 4 is 23.1 Å². The molecule has 2 aromatic carbocycles. The van der Waals surface area contributed by atoms with Crippen LogP contribution in [0.2, 0.25) is 0 Å². The van der Waals surface area contributed by atoms with E-state index in [-0.39, 0.29) is 44.9 Å². The number of rotatable bonds is 14. The first-order chi connectivity index (χ1) is 18.0. The third kappa shape index (κ3) is 6.69. The van der Waals surface area contributed by atoms with Crippen LogP contribution in [0.3, 0.4) is 0 Å². The van der Waals surface area contributed by atoms with Crippen LogP contribution < -0.4 is 10.6 Å². The predicted octanol–water partition coefficient (Wildman–Crippen LogP) is 2.69. The van der Waals surface area contributed by atoms with Crippen molar-refractivity contribution in [2.45, 2.75) is 38.8 Å². The highest BCUT2D eigenvalue weighted by molar-refractivity contribution is 6.33. The minimum atomic E-state index is -0.514. The van der Waals surface area contributed by atoms with Crippen LogP contribution in [0.15, 0.2) is 36.4 Å². The molecule has 0 spiro atoms. The van der Waals surface area contributed by atoms with Gasteiger partial charge in [-0.1, -0.05) is 36.4 Å². The number of nitrogens with one attached hydrogen (secondary N) is 2. The maximum Gasteiger partial charge on any atom is 0.195 e. The average molecular weight is 521 g/mol. The summed E-state index contributed by atoms with van der Waals surface area (Å²) in [7, 11) is 7.98. The number of benzene rings is 2. The molecule has 0 bridgehead atoms. The van der Waals surface area contributed by atoms with Gasteiger partial charge in [-0.2, -0.15) is 0 Å². The van der Waals surface area contributed by atoms with Gasteiger partial charge in [0, 0.05) is 33.4 Å². The normalized spacial score (nSPS) is 14.4. The van der Waals surface area contributed by atoms with E-state index in [1.165, 1.54) is 0 Å². The molecule has 0 aromatic heterocycles. The van der Waals surface area contributed by atoms with Gasteiger partial charge in [0.1, 0.15) is 0 Å². The van der Waals surface area contributed by atoms with Crippen LogP contribution in [0.4, 0.5) is 0 Å². The lowest BCUT2D eigenvalue weighted by Gasteiger charge is -2.24. The molecule has 3 rings (SSSR count). The second kappa shape index (κ2) is 13.2. The Morgan fingerprint density at radius 2 is 1.05 bits per heavy atom. The largest absolute Gasteiger partial charge is 0.309 e. The SMILES string of the molecule is CC(NCCCN(C)C)C(=O)c1cccc2c1C(=O)c1cccc(C(=O)C(C)NCCCN(C)C)c1C2=O. The molecule has 8 heteroatoms. The van der Waals surface area contributed by atoms with Gasteiger partial charge in [0.05, 0.1) is 12.1 Å². The Kier molecular flexibility index (Phi) is 10.2. The zero-order valence-corrected chi connectivity index (χ0v) is 23.4. The summed E-state index contributed by atoms with van der Waals surface area (Å²) in [6.07, 6.45) is 1.75. The molecule has 38 heavy (non-hydrogen) atoms. The molecule has 2 atom stereocenters. The fourth-order valence-corrected chi connectivity index (χ4v) is 4.73. The molecule has 2 unspecified atom stereocenters. The van der Waals surface area contributed by atoms with E-state index in [1.807, 2.05) is 28.2 Å². The van der Waals surface area contributed by atoms with Crippen molar-refractivity contribution in [2.24, 2.45) is 0 Å².